The number of ether oxygens (including phenoxy) is 2. The number of aromatic carboxylic acids is 1. The molecule has 2 aliphatic rings. The van der Waals surface area contributed by atoms with Gasteiger partial charge in [0.05, 0.1) is 39.8 Å². The number of halogens is 2. The van der Waals surface area contributed by atoms with Crippen LogP contribution in [0.2, 0.25) is 8.67 Å². The van der Waals surface area contributed by atoms with E-state index in [1.807, 2.05) is 30.3 Å². The number of aromatic amines is 1. The fourth-order valence-electron chi connectivity index (χ4n) is 8.28. The number of carboxylic acids is 1. The van der Waals surface area contributed by atoms with Gasteiger partial charge < -0.3 is 14.6 Å². The molecule has 2 fully saturated rings. The maximum Gasteiger partial charge on any atom is 0.339 e. The first-order valence-electron chi connectivity index (χ1n) is 21.1. The third-order valence-corrected chi connectivity index (χ3v) is 14.5. The van der Waals surface area contributed by atoms with Crippen molar-refractivity contribution in [3.8, 4) is 11.5 Å². The van der Waals surface area contributed by atoms with Crippen molar-refractivity contribution in [1.29, 1.82) is 0 Å². The van der Waals surface area contributed by atoms with Crippen molar-refractivity contribution in [2.45, 2.75) is 122 Å². The van der Waals surface area contributed by atoms with Gasteiger partial charge in [-0.25, -0.2) is 9.48 Å². The van der Waals surface area contributed by atoms with Crippen LogP contribution < -0.4 is 9.47 Å². The largest absolute Gasteiger partial charge is 0.496 e. The number of benzene rings is 2. The van der Waals surface area contributed by atoms with Gasteiger partial charge >= 0.3 is 5.97 Å². The average molecular weight is 920 g/mol. The van der Waals surface area contributed by atoms with Crippen LogP contribution in [0.3, 0.4) is 0 Å². The Morgan fingerprint density at radius 1 is 0.694 bits per heavy atom. The Morgan fingerprint density at radius 3 is 1.69 bits per heavy atom. The molecule has 0 atom stereocenters. The molecule has 0 saturated heterocycles. The van der Waals surface area contributed by atoms with Gasteiger partial charge in [0.25, 0.3) is 5.91 Å². The lowest BCUT2D eigenvalue weighted by atomic mass is 9.73. The summed E-state index contributed by atoms with van der Waals surface area (Å²) in [7, 11) is 3.03. The standard InChI is InChI=1S/C24H27ClN2O2S.C16H21ClN2S.C8H8O3.CH4/c1-24(14-6-3-7-15-24)21-16-17(10-11-18-12-13-22(25)30-18)27(26-21)23(28)19-8-4-5-9-20(19)29-2;1-16(9-3-2-4-10-16)14-11-12(18-19-14)5-6-13-7-8-15(17)20-13;1-11-7-5-3-2-4-6(7)8(9)10;/h4-5,8-9,12-13,16H,3,6-7,10-11,14-15H2,1-2H3;7-8,11H,2-6,9-10H2,1H3,(H,18,19);2-5H,1H3,(H,9,10);1H4. The SMILES string of the molecule is C.CC1(c2cc(CCc3ccc(Cl)s3)[nH]n2)CCCCC1.COc1ccccc1C(=O)O.COc1ccccc1C(=O)n1nc(C2(C)CCCCC2)cc1CCc1ccc(Cl)s1. The number of hydrogen-bond donors (Lipinski definition) is 2. The van der Waals surface area contributed by atoms with Gasteiger partial charge in [-0.1, -0.05) is 107 Å². The van der Waals surface area contributed by atoms with E-state index >= 15 is 0 Å². The highest BCUT2D eigenvalue weighted by Gasteiger charge is 2.33. The molecule has 13 heteroatoms. The van der Waals surface area contributed by atoms with Gasteiger partial charge in [0.1, 0.15) is 17.1 Å². The van der Waals surface area contributed by atoms with Crippen LogP contribution in [0.4, 0.5) is 0 Å². The summed E-state index contributed by atoms with van der Waals surface area (Å²) in [5.41, 5.74) is 5.53. The number of carbonyl (C=O) groups is 2. The minimum Gasteiger partial charge on any atom is -0.496 e. The fraction of sp³-hybridized carbons (Fsp3) is 0.429. The topological polar surface area (TPSA) is 119 Å². The van der Waals surface area contributed by atoms with Crippen LogP contribution in [0.1, 0.15) is 139 Å². The Balaban J connectivity index is 0.000000195. The fourth-order valence-corrected chi connectivity index (χ4v) is 10.5. The maximum atomic E-state index is 13.5. The van der Waals surface area contributed by atoms with Crippen LogP contribution in [-0.2, 0) is 36.5 Å². The number of para-hydroxylation sites is 2. The first-order valence-corrected chi connectivity index (χ1v) is 23.5. The lowest BCUT2D eigenvalue weighted by Gasteiger charge is -2.31. The summed E-state index contributed by atoms with van der Waals surface area (Å²) >= 11 is 15.3. The summed E-state index contributed by atoms with van der Waals surface area (Å²) in [5, 5.41) is 21.3. The molecule has 332 valence electrons. The predicted molar refractivity (Wildman–Crippen MR) is 255 cm³/mol. The molecule has 9 nitrogen and oxygen atoms in total. The monoisotopic (exact) mass is 918 g/mol. The minimum atomic E-state index is -0.970. The highest BCUT2D eigenvalue weighted by molar-refractivity contribution is 7.16. The van der Waals surface area contributed by atoms with Crippen LogP contribution in [0.5, 0.6) is 11.5 Å². The Bertz CT molecular complexity index is 2350. The number of rotatable bonds is 12. The second-order valence-corrected chi connectivity index (χ2v) is 20.0. The molecule has 62 heavy (non-hydrogen) atoms. The molecule has 2 aromatic carbocycles. The van der Waals surface area contributed by atoms with Gasteiger partial charge in [-0.15, -0.1) is 22.7 Å². The van der Waals surface area contributed by atoms with Crippen molar-refractivity contribution < 1.29 is 24.2 Å². The molecule has 0 aliphatic heterocycles. The number of hydrogen-bond acceptors (Lipinski definition) is 8. The Labute approximate surface area is 384 Å². The van der Waals surface area contributed by atoms with Crippen molar-refractivity contribution in [2.24, 2.45) is 0 Å². The van der Waals surface area contributed by atoms with Crippen molar-refractivity contribution in [2.75, 3.05) is 14.2 Å². The van der Waals surface area contributed by atoms with Crippen LogP contribution >= 0.6 is 45.9 Å². The number of thiophene rings is 2. The zero-order chi connectivity index (χ0) is 43.4. The van der Waals surface area contributed by atoms with E-state index in [2.05, 4.69) is 48.3 Å². The first-order chi connectivity index (χ1) is 29.4. The van der Waals surface area contributed by atoms with E-state index in [-0.39, 0.29) is 24.3 Å². The highest BCUT2D eigenvalue weighted by Crippen LogP contribution is 2.40. The number of aromatic nitrogens is 4. The quantitative estimate of drug-likeness (QED) is 0.125. The summed E-state index contributed by atoms with van der Waals surface area (Å²) < 4.78 is 13.5. The molecule has 0 unspecified atom stereocenters. The van der Waals surface area contributed by atoms with Crippen LogP contribution in [0.25, 0.3) is 0 Å². The Morgan fingerprint density at radius 2 is 1.19 bits per heavy atom. The van der Waals surface area contributed by atoms with Crippen molar-refractivity contribution in [3.05, 3.63) is 137 Å². The first kappa shape index (κ1) is 48.6. The van der Waals surface area contributed by atoms with Gasteiger partial charge in [0, 0.05) is 32.0 Å². The third-order valence-electron chi connectivity index (χ3n) is 12.0. The normalized spacial score (nSPS) is 15.2. The molecule has 6 aromatic rings. The van der Waals surface area contributed by atoms with Crippen LogP contribution in [0, 0.1) is 0 Å². The number of nitrogens with one attached hydrogen (secondary N) is 1. The molecule has 4 heterocycles. The van der Waals surface area contributed by atoms with E-state index < -0.39 is 5.97 Å². The maximum absolute atomic E-state index is 13.5. The molecule has 2 saturated carbocycles. The summed E-state index contributed by atoms with van der Waals surface area (Å²) in [6.07, 6.45) is 16.2. The number of H-pyrrole nitrogens is 1. The van der Waals surface area contributed by atoms with Crippen molar-refractivity contribution in [1.82, 2.24) is 20.0 Å². The Hall–Kier alpha value is -4.42. The molecule has 0 spiro atoms. The predicted octanol–water partition coefficient (Wildman–Crippen LogP) is 13.5. The molecule has 4 aromatic heterocycles. The van der Waals surface area contributed by atoms with E-state index in [1.165, 1.54) is 85.7 Å². The van der Waals surface area contributed by atoms with Gasteiger partial charge in [-0.05, 0) is 112 Å². The third kappa shape index (κ3) is 12.6. The average Bonchev–Trinajstić information content (AvgIpc) is 4.11. The van der Waals surface area contributed by atoms with Gasteiger partial charge in [0.2, 0.25) is 0 Å². The van der Waals surface area contributed by atoms with E-state index in [9.17, 15) is 9.59 Å². The number of methoxy groups -OCH3 is 2. The van der Waals surface area contributed by atoms with E-state index in [0.29, 0.717) is 22.5 Å². The van der Waals surface area contributed by atoms with Crippen LogP contribution in [0.15, 0.2) is 84.9 Å². The summed E-state index contributed by atoms with van der Waals surface area (Å²) in [6.45, 7) is 4.65. The zero-order valence-corrected chi connectivity index (χ0v) is 38.6. The molecular weight excluding hydrogens is 860 g/mol. The smallest absolute Gasteiger partial charge is 0.339 e. The summed E-state index contributed by atoms with van der Waals surface area (Å²) in [4.78, 5) is 26.5. The second-order valence-electron chi connectivity index (χ2n) is 16.4. The number of aryl methyl sites for hydroxylation is 4. The molecular formula is C49H60Cl2N4O5S2. The van der Waals surface area contributed by atoms with Crippen molar-refractivity contribution >= 4 is 57.8 Å². The molecule has 0 amide bonds. The summed E-state index contributed by atoms with van der Waals surface area (Å²) in [6, 6.07) is 26.3. The van der Waals surface area contributed by atoms with Gasteiger partial charge in [-0.3, -0.25) is 9.89 Å². The molecule has 2 N–H and O–H groups in total. The van der Waals surface area contributed by atoms with E-state index in [4.69, 9.17) is 42.9 Å². The highest BCUT2D eigenvalue weighted by atomic mass is 35.5. The minimum absolute atomic E-state index is 0. The van der Waals surface area contributed by atoms with Gasteiger partial charge in [-0.2, -0.15) is 10.2 Å². The molecule has 2 aliphatic carbocycles. The van der Waals surface area contributed by atoms with Crippen LogP contribution in [-0.4, -0.2) is 51.2 Å². The number of carboxylic acid groups (broad SMARTS) is 1. The number of nitrogens with zero attached hydrogens (tertiary/aromatic N) is 3. The van der Waals surface area contributed by atoms with E-state index in [1.54, 1.807) is 58.7 Å². The Kier molecular flexibility index (Phi) is 17.9. The molecule has 0 radical (unpaired) electrons. The summed E-state index contributed by atoms with van der Waals surface area (Å²) in [5.74, 6) is -0.154. The lowest BCUT2D eigenvalue weighted by molar-refractivity contribution is 0.0693. The van der Waals surface area contributed by atoms with E-state index in [0.717, 1.165) is 58.6 Å². The lowest BCUT2D eigenvalue weighted by Crippen LogP contribution is -2.26. The zero-order valence-electron chi connectivity index (χ0n) is 35.5. The van der Waals surface area contributed by atoms with Gasteiger partial charge in [0.15, 0.2) is 0 Å². The molecule has 8 rings (SSSR count). The number of carbonyl (C=O) groups excluding carboxylic acids is 1. The van der Waals surface area contributed by atoms with Crippen molar-refractivity contribution in [3.63, 3.8) is 0 Å². The molecule has 0 bridgehead atoms. The second kappa shape index (κ2) is 22.8.